The van der Waals surface area contributed by atoms with Gasteiger partial charge < -0.3 is 35.3 Å². The van der Waals surface area contributed by atoms with Crippen LogP contribution in [0.3, 0.4) is 0 Å². The van der Waals surface area contributed by atoms with Crippen molar-refractivity contribution in [3.8, 4) is 17.3 Å². The lowest BCUT2D eigenvalue weighted by molar-refractivity contribution is -0.130. The summed E-state index contributed by atoms with van der Waals surface area (Å²) >= 11 is 0. The standard InChI is InChI=1S/C33H34N6O6/c1-15(2)11-24(40)35-21-13-17-9-10-23-19(12-17)33(18-7-5-6-8-20(18)37-32(33)44-23)27-26(30-36-22(14-43-30)28(34)41)39-31(45-27)25(16(3)4)38-29(21)42/h5-10,12,14-16,21,25,32,37H,11,13H2,1-4H3,(H2,34,41)(H,35,40)(H,38,42)/t21?,25-,32?,33?/m0/s1. The SMILES string of the molecule is CC(C)CC(=O)NC1Cc2ccc3c(c2)C2(c4ccccc4NC2O3)c2oc(nc2-c2nc(C(N)=O)co2)[C@H](C(C)C)NC1=O. The number of hydrogen-bond acceptors (Lipinski definition) is 9. The number of amides is 3. The van der Waals surface area contributed by atoms with Gasteiger partial charge in [-0.2, -0.15) is 0 Å². The number of benzene rings is 2. The highest BCUT2D eigenvalue weighted by atomic mass is 16.5. The molecule has 0 saturated heterocycles. The Balaban J connectivity index is 1.49. The van der Waals surface area contributed by atoms with Gasteiger partial charge >= 0.3 is 0 Å². The van der Waals surface area contributed by atoms with Gasteiger partial charge in [0, 0.05) is 24.1 Å². The zero-order valence-corrected chi connectivity index (χ0v) is 25.3. The molecule has 3 unspecified atom stereocenters. The Morgan fingerprint density at radius 2 is 1.89 bits per heavy atom. The van der Waals surface area contributed by atoms with Crippen molar-refractivity contribution >= 4 is 23.4 Å². The van der Waals surface area contributed by atoms with E-state index in [4.69, 9.17) is 24.3 Å². The van der Waals surface area contributed by atoms with Gasteiger partial charge in [-0.05, 0) is 35.1 Å². The fraction of sp³-hybridized carbons (Fsp3) is 0.364. The van der Waals surface area contributed by atoms with E-state index in [0.717, 1.165) is 22.4 Å². The van der Waals surface area contributed by atoms with Crippen molar-refractivity contribution < 1.29 is 28.0 Å². The Bertz CT molecular complexity index is 1840. The van der Waals surface area contributed by atoms with Crippen LogP contribution in [0.5, 0.6) is 5.75 Å². The Kier molecular flexibility index (Phi) is 6.68. The molecule has 1 spiro atoms. The Morgan fingerprint density at radius 3 is 2.62 bits per heavy atom. The molecule has 12 heteroatoms. The first-order chi connectivity index (χ1) is 21.6. The quantitative estimate of drug-likeness (QED) is 0.253. The maximum absolute atomic E-state index is 13.9. The second kappa shape index (κ2) is 10.5. The number of fused-ring (bicyclic) bond motifs is 4. The Labute approximate surface area is 259 Å². The number of aromatic nitrogens is 2. The summed E-state index contributed by atoms with van der Waals surface area (Å²) in [5.74, 6) is -0.0819. The van der Waals surface area contributed by atoms with Gasteiger partial charge in [-0.3, -0.25) is 14.4 Å². The molecule has 3 aliphatic heterocycles. The zero-order chi connectivity index (χ0) is 31.6. The van der Waals surface area contributed by atoms with Gasteiger partial charge in [0.2, 0.25) is 23.6 Å². The normalized spacial score (nSPS) is 22.9. The van der Waals surface area contributed by atoms with Gasteiger partial charge in [0.15, 0.2) is 23.4 Å². The van der Waals surface area contributed by atoms with Crippen LogP contribution in [0.15, 0.2) is 57.6 Å². The highest BCUT2D eigenvalue weighted by Crippen LogP contribution is 2.59. The fourth-order valence-corrected chi connectivity index (χ4v) is 6.57. The number of hydrogen-bond donors (Lipinski definition) is 4. The van der Waals surface area contributed by atoms with Crippen LogP contribution < -0.4 is 26.4 Å². The molecule has 4 aromatic rings. The van der Waals surface area contributed by atoms with E-state index in [1.807, 2.05) is 70.2 Å². The summed E-state index contributed by atoms with van der Waals surface area (Å²) in [6.07, 6.45) is 1.11. The number of oxazole rings is 2. The smallest absolute Gasteiger partial charge is 0.270 e. The van der Waals surface area contributed by atoms with E-state index in [2.05, 4.69) is 20.9 Å². The van der Waals surface area contributed by atoms with Crippen LogP contribution in [-0.4, -0.2) is 40.0 Å². The third-order valence-corrected chi connectivity index (χ3v) is 8.62. The number of nitrogens with one attached hydrogen (secondary N) is 3. The number of nitrogens with zero attached hydrogens (tertiary/aromatic N) is 2. The summed E-state index contributed by atoms with van der Waals surface area (Å²) in [5.41, 5.74) is 8.01. The highest BCUT2D eigenvalue weighted by molar-refractivity contribution is 5.91. The second-order valence-electron chi connectivity index (χ2n) is 12.6. The van der Waals surface area contributed by atoms with E-state index in [0.29, 0.717) is 17.9 Å². The van der Waals surface area contributed by atoms with Crippen molar-refractivity contribution in [2.45, 2.75) is 64.3 Å². The maximum atomic E-state index is 13.9. The molecular weight excluding hydrogens is 576 g/mol. The van der Waals surface area contributed by atoms with Gasteiger partial charge in [-0.25, -0.2) is 9.97 Å². The number of primary amides is 1. The molecule has 0 aliphatic carbocycles. The Hall–Kier alpha value is -5.13. The summed E-state index contributed by atoms with van der Waals surface area (Å²) in [4.78, 5) is 48.0. The molecule has 4 atom stereocenters. The van der Waals surface area contributed by atoms with Crippen LogP contribution >= 0.6 is 0 Å². The van der Waals surface area contributed by atoms with E-state index < -0.39 is 29.6 Å². The van der Waals surface area contributed by atoms with E-state index in [1.54, 1.807) is 0 Å². The minimum absolute atomic E-state index is 0.0402. The molecule has 5 N–H and O–H groups in total. The van der Waals surface area contributed by atoms with Gasteiger partial charge in [0.05, 0.1) is 0 Å². The van der Waals surface area contributed by atoms with Gasteiger partial charge in [-0.15, -0.1) is 0 Å². The number of rotatable bonds is 6. The molecule has 3 aliphatic rings. The summed E-state index contributed by atoms with van der Waals surface area (Å²) in [6, 6.07) is 12.1. The molecule has 4 bridgehead atoms. The molecule has 2 aromatic heterocycles. The first-order valence-electron chi connectivity index (χ1n) is 15.1. The summed E-state index contributed by atoms with van der Waals surface area (Å²) in [6.45, 7) is 7.79. The molecule has 0 saturated carbocycles. The van der Waals surface area contributed by atoms with Crippen molar-refractivity contribution in [1.82, 2.24) is 20.6 Å². The lowest BCUT2D eigenvalue weighted by Crippen LogP contribution is -2.49. The second-order valence-corrected chi connectivity index (χ2v) is 12.6. The summed E-state index contributed by atoms with van der Waals surface area (Å²) < 4.78 is 19.1. The lowest BCUT2D eigenvalue weighted by Gasteiger charge is -2.28. The summed E-state index contributed by atoms with van der Waals surface area (Å²) in [7, 11) is 0. The highest BCUT2D eigenvalue weighted by Gasteiger charge is 2.61. The van der Waals surface area contributed by atoms with Crippen molar-refractivity contribution in [1.29, 1.82) is 0 Å². The van der Waals surface area contributed by atoms with Crippen LogP contribution in [0.1, 0.15) is 79.0 Å². The third kappa shape index (κ3) is 4.54. The molecule has 7 rings (SSSR count). The monoisotopic (exact) mass is 610 g/mol. The predicted molar refractivity (Wildman–Crippen MR) is 162 cm³/mol. The molecule has 232 valence electrons. The van der Waals surface area contributed by atoms with Crippen LogP contribution in [0.25, 0.3) is 11.6 Å². The maximum Gasteiger partial charge on any atom is 0.270 e. The van der Waals surface area contributed by atoms with Crippen molar-refractivity contribution in [3.05, 3.63) is 82.8 Å². The van der Waals surface area contributed by atoms with E-state index in [-0.39, 0.29) is 53.2 Å². The first-order valence-corrected chi connectivity index (χ1v) is 15.1. The molecule has 45 heavy (non-hydrogen) atoms. The van der Waals surface area contributed by atoms with Crippen LogP contribution in [0.4, 0.5) is 5.69 Å². The van der Waals surface area contributed by atoms with Crippen LogP contribution in [0.2, 0.25) is 0 Å². The zero-order valence-electron chi connectivity index (χ0n) is 25.3. The number of ether oxygens (including phenoxy) is 1. The van der Waals surface area contributed by atoms with Crippen molar-refractivity contribution in [3.63, 3.8) is 0 Å². The Morgan fingerprint density at radius 1 is 1.09 bits per heavy atom. The largest absolute Gasteiger partial charge is 0.469 e. The van der Waals surface area contributed by atoms with Gasteiger partial charge in [0.1, 0.15) is 29.5 Å². The lowest BCUT2D eigenvalue weighted by atomic mass is 9.72. The molecular formula is C33H34N6O6. The molecule has 0 radical (unpaired) electrons. The van der Waals surface area contributed by atoms with Crippen LogP contribution in [0, 0.1) is 11.8 Å². The average molecular weight is 611 g/mol. The number of anilines is 1. The first kappa shape index (κ1) is 28.6. The minimum Gasteiger partial charge on any atom is -0.469 e. The van der Waals surface area contributed by atoms with E-state index in [1.165, 1.54) is 6.26 Å². The number of nitrogens with two attached hydrogens (primary N) is 1. The van der Waals surface area contributed by atoms with E-state index >= 15 is 0 Å². The topological polar surface area (TPSA) is 175 Å². The van der Waals surface area contributed by atoms with Crippen LogP contribution in [-0.2, 0) is 21.4 Å². The molecule has 5 heterocycles. The third-order valence-electron chi connectivity index (χ3n) is 8.62. The fourth-order valence-electron chi connectivity index (χ4n) is 6.57. The molecule has 2 aromatic carbocycles. The molecule has 0 fully saturated rings. The van der Waals surface area contributed by atoms with Crippen molar-refractivity contribution in [2.75, 3.05) is 5.32 Å². The predicted octanol–water partition coefficient (Wildman–Crippen LogP) is 3.81. The van der Waals surface area contributed by atoms with Gasteiger partial charge in [-0.1, -0.05) is 58.0 Å². The average Bonchev–Trinajstić information content (AvgIpc) is 3.75. The van der Waals surface area contributed by atoms with Gasteiger partial charge in [0.25, 0.3) is 5.91 Å². The number of carbonyl (C=O) groups excluding carboxylic acids is 3. The van der Waals surface area contributed by atoms with E-state index in [9.17, 15) is 14.4 Å². The molecule has 3 amide bonds. The molecule has 12 nitrogen and oxygen atoms in total. The summed E-state index contributed by atoms with van der Waals surface area (Å²) in [5, 5.41) is 9.56. The number of para-hydroxylation sites is 1. The minimum atomic E-state index is -1.05. The number of carbonyl (C=O) groups is 3. The van der Waals surface area contributed by atoms with Crippen molar-refractivity contribution in [2.24, 2.45) is 17.6 Å².